The standard InChI is InChI=1S/C54H58N4S.C6H9N.C4H8.C2H6/c1-10-20-40(21-11-2)36-56-50(41(14-5)22-12-3)35-49(55-9)44-25-19-26-45(33-44)58-38(7)47(54(39(58)8)46-27-16-15-24-42(46)23-13-4)32-37(6)43-30-31-53-51(34-43)57-48-28-17-18-29-52(48)59-53;1-7-5-3-2-4-6-7;1-3-4-2;1-2/h10-12,14-17,19-28,30-35,39,57H,1,9,13,18,29,36H2,2-8H3;2-5H,6H2,1H3;3-4H,1-2H3;1-2H3/b21-11-,22-12-,37-32+,40-20+,41-14+,42-23-,49-35-,54-46+,56-50?;;4-3-;. The van der Waals surface area contributed by atoms with E-state index in [9.17, 15) is 0 Å². The van der Waals surface area contributed by atoms with E-state index in [-0.39, 0.29) is 6.04 Å². The van der Waals surface area contributed by atoms with E-state index in [1.807, 2.05) is 96.7 Å². The van der Waals surface area contributed by atoms with Crippen molar-refractivity contribution >= 4 is 58.5 Å². The van der Waals surface area contributed by atoms with Crippen LogP contribution in [0.5, 0.6) is 0 Å². The summed E-state index contributed by atoms with van der Waals surface area (Å²) < 4.78 is 0. The zero-order valence-corrected chi connectivity index (χ0v) is 46.3. The number of hydrogen-bond donors (Lipinski definition) is 1. The van der Waals surface area contributed by atoms with Gasteiger partial charge in [0.05, 0.1) is 29.7 Å². The smallest absolute Gasteiger partial charge is 0.0717 e. The molecule has 3 aliphatic heterocycles. The van der Waals surface area contributed by atoms with Gasteiger partial charge in [0.15, 0.2) is 0 Å². The molecule has 0 saturated heterocycles. The summed E-state index contributed by atoms with van der Waals surface area (Å²) in [6.45, 7) is 32.6. The predicted molar refractivity (Wildman–Crippen MR) is 324 cm³/mol. The van der Waals surface area contributed by atoms with Crippen LogP contribution in [0.3, 0.4) is 0 Å². The molecule has 0 amide bonds. The molecule has 4 aliphatic rings. The molecule has 1 atom stereocenters. The third-order valence-electron chi connectivity index (χ3n) is 12.2. The lowest BCUT2D eigenvalue weighted by Gasteiger charge is -2.27. The fraction of sp³-hybridized carbons (Fsp3) is 0.273. The lowest BCUT2D eigenvalue weighted by atomic mass is 9.94. The first-order valence-electron chi connectivity index (χ1n) is 25.7. The summed E-state index contributed by atoms with van der Waals surface area (Å²) in [6.07, 6.45) is 40.8. The number of likely N-dealkylation sites (N-methyl/N-ethyl adjacent to an activating group) is 1. The van der Waals surface area contributed by atoms with Crippen LogP contribution in [0.1, 0.15) is 107 Å². The minimum absolute atomic E-state index is 0.0630. The largest absolute Gasteiger partial charge is 0.377 e. The van der Waals surface area contributed by atoms with E-state index in [1.54, 1.807) is 6.08 Å². The quantitative estimate of drug-likeness (QED) is 0.105. The second-order valence-corrected chi connectivity index (χ2v) is 18.4. The number of benzene rings is 3. The van der Waals surface area contributed by atoms with Gasteiger partial charge in [-0.3, -0.25) is 9.98 Å². The van der Waals surface area contributed by atoms with Crippen LogP contribution in [-0.2, 0) is 0 Å². The SMILES string of the molecule is C/C=C\C.C=C/C=C(\C=C/C)CN=C(/C=C(\N=C)c1cccc(N2C(C)=C(/C=C(\C)c3ccc4c(c3)NC3=C(CCC=C3)S4)/C(=c3\cccc\c3=C\CC)C2C)c1)C(/C=C\C)=C/C.CC.CN1C=CC=CC1. The molecule has 0 saturated carbocycles. The highest BCUT2D eigenvalue weighted by Crippen LogP contribution is 2.45. The Morgan fingerprint density at radius 2 is 1.67 bits per heavy atom. The summed E-state index contributed by atoms with van der Waals surface area (Å²) in [5.41, 5.74) is 14.4. The summed E-state index contributed by atoms with van der Waals surface area (Å²) in [5.74, 6) is 0. The van der Waals surface area contributed by atoms with Gasteiger partial charge >= 0.3 is 0 Å². The lowest BCUT2D eigenvalue weighted by molar-refractivity contribution is 0.505. The Labute approximate surface area is 439 Å². The zero-order valence-electron chi connectivity index (χ0n) is 45.5. The van der Waals surface area contributed by atoms with Crippen molar-refractivity contribution in [3.8, 4) is 0 Å². The van der Waals surface area contributed by atoms with Crippen molar-refractivity contribution in [3.05, 3.63) is 231 Å². The Hall–Kier alpha value is -6.89. The van der Waals surface area contributed by atoms with Gasteiger partial charge in [0.2, 0.25) is 0 Å². The molecule has 1 unspecified atom stereocenters. The molecule has 72 heavy (non-hydrogen) atoms. The average Bonchev–Trinajstić information content (AvgIpc) is 3.65. The van der Waals surface area contributed by atoms with Crippen molar-refractivity contribution < 1.29 is 0 Å². The highest BCUT2D eigenvalue weighted by Gasteiger charge is 2.32. The zero-order chi connectivity index (χ0) is 52.4. The normalized spacial score (nSPS) is 18.1. The average molecular weight is 976 g/mol. The van der Waals surface area contributed by atoms with Gasteiger partial charge in [-0.05, 0) is 180 Å². The molecule has 0 bridgehead atoms. The van der Waals surface area contributed by atoms with Gasteiger partial charge in [0, 0.05) is 46.0 Å². The van der Waals surface area contributed by atoms with Gasteiger partial charge < -0.3 is 15.1 Å². The Bertz CT molecular complexity index is 2890. The van der Waals surface area contributed by atoms with Crippen LogP contribution in [0.4, 0.5) is 11.4 Å². The first-order chi connectivity index (χ1) is 35.0. The highest BCUT2D eigenvalue weighted by molar-refractivity contribution is 8.03. The molecule has 376 valence electrons. The molecule has 0 fully saturated rings. The Morgan fingerprint density at radius 1 is 0.903 bits per heavy atom. The van der Waals surface area contributed by atoms with Crippen molar-refractivity contribution in [2.75, 3.05) is 30.4 Å². The van der Waals surface area contributed by atoms with Crippen molar-refractivity contribution in [1.29, 1.82) is 0 Å². The first kappa shape index (κ1) is 57.7. The van der Waals surface area contributed by atoms with E-state index >= 15 is 0 Å². The van der Waals surface area contributed by atoms with Crippen LogP contribution in [-0.4, -0.2) is 43.5 Å². The van der Waals surface area contributed by atoms with Crippen LogP contribution < -0.4 is 20.7 Å². The van der Waals surface area contributed by atoms with Crippen molar-refractivity contribution in [2.24, 2.45) is 9.98 Å². The lowest BCUT2D eigenvalue weighted by Crippen LogP contribution is -2.34. The van der Waals surface area contributed by atoms with E-state index in [0.29, 0.717) is 6.54 Å². The molecular weight excluding hydrogens is 895 g/mol. The molecule has 6 heteroatoms. The van der Waals surface area contributed by atoms with Crippen LogP contribution in [0.2, 0.25) is 0 Å². The Morgan fingerprint density at radius 3 is 2.31 bits per heavy atom. The van der Waals surface area contributed by atoms with E-state index in [0.717, 1.165) is 59.6 Å². The number of fused-ring (bicyclic) bond motifs is 1. The number of nitrogens with zero attached hydrogens (tertiary/aromatic N) is 4. The fourth-order valence-electron chi connectivity index (χ4n) is 8.64. The maximum absolute atomic E-state index is 5.08. The maximum Gasteiger partial charge on any atom is 0.0717 e. The van der Waals surface area contributed by atoms with Crippen LogP contribution in [0, 0.1) is 0 Å². The van der Waals surface area contributed by atoms with Gasteiger partial charge in [-0.2, -0.15) is 0 Å². The second kappa shape index (κ2) is 30.8. The fourth-order valence-corrected chi connectivity index (χ4v) is 9.71. The summed E-state index contributed by atoms with van der Waals surface area (Å²) >= 11 is 1.90. The van der Waals surface area contributed by atoms with Crippen LogP contribution >= 0.6 is 11.8 Å². The van der Waals surface area contributed by atoms with Crippen molar-refractivity contribution in [3.63, 3.8) is 0 Å². The van der Waals surface area contributed by atoms with Crippen LogP contribution in [0.15, 0.2) is 225 Å². The van der Waals surface area contributed by atoms with Gasteiger partial charge in [-0.1, -0.05) is 161 Å². The maximum atomic E-state index is 5.08. The first-order valence-corrected chi connectivity index (χ1v) is 26.5. The van der Waals surface area contributed by atoms with E-state index in [2.05, 4.69) is 202 Å². The Kier molecular flexibility index (Phi) is 24.6. The van der Waals surface area contributed by atoms with Gasteiger partial charge in [-0.25, -0.2) is 0 Å². The number of hydrogen-bond acceptors (Lipinski definition) is 6. The number of aliphatic imine (C=N–C) groups is 2. The molecular formula is C66H81N5S. The molecule has 0 radical (unpaired) electrons. The number of allylic oxidation sites excluding steroid dienone is 18. The molecule has 1 N–H and O–H groups in total. The number of rotatable bonds is 13. The van der Waals surface area contributed by atoms with Crippen LogP contribution in [0.25, 0.3) is 22.9 Å². The highest BCUT2D eigenvalue weighted by atomic mass is 32.2. The minimum atomic E-state index is 0.0630. The molecule has 7 rings (SSSR count). The van der Waals surface area contributed by atoms with Gasteiger partial charge in [-0.15, -0.1) is 0 Å². The van der Waals surface area contributed by atoms with Gasteiger partial charge in [0.25, 0.3) is 0 Å². The van der Waals surface area contributed by atoms with E-state index < -0.39 is 0 Å². The molecule has 3 aromatic carbocycles. The summed E-state index contributed by atoms with van der Waals surface area (Å²) in [6, 6.07) is 24.4. The third kappa shape index (κ3) is 15.8. The summed E-state index contributed by atoms with van der Waals surface area (Å²) in [4.78, 5) is 17.0. The van der Waals surface area contributed by atoms with E-state index in [1.165, 1.54) is 59.6 Å². The molecule has 1 aliphatic carbocycles. The predicted octanol–water partition coefficient (Wildman–Crippen LogP) is 16.7. The monoisotopic (exact) mass is 976 g/mol. The molecule has 0 spiro atoms. The molecule has 3 heterocycles. The molecule has 5 nitrogen and oxygen atoms in total. The number of anilines is 2. The summed E-state index contributed by atoms with van der Waals surface area (Å²) in [5, 5.41) is 6.26. The number of thioether (sulfide) groups is 1. The van der Waals surface area contributed by atoms with E-state index in [4.69, 9.17) is 4.99 Å². The second-order valence-electron chi connectivity index (χ2n) is 17.2. The molecule has 3 aromatic rings. The van der Waals surface area contributed by atoms with Crippen molar-refractivity contribution in [1.82, 2.24) is 4.90 Å². The third-order valence-corrected chi connectivity index (χ3v) is 13.5. The molecule has 0 aromatic heterocycles. The van der Waals surface area contributed by atoms with Crippen molar-refractivity contribution in [2.45, 2.75) is 106 Å². The van der Waals surface area contributed by atoms with Gasteiger partial charge in [0.1, 0.15) is 0 Å². The minimum Gasteiger partial charge on any atom is -0.377 e. The number of nitrogens with one attached hydrogen (secondary N) is 1. The topological polar surface area (TPSA) is 43.2 Å². The Balaban J connectivity index is 0.000000763. The summed E-state index contributed by atoms with van der Waals surface area (Å²) in [7, 11) is 2.06.